The highest BCUT2D eigenvalue weighted by molar-refractivity contribution is 5.90. The number of nitrogens with one attached hydrogen (secondary N) is 2. The zero-order valence-electron chi connectivity index (χ0n) is 23.0. The molecule has 0 unspecified atom stereocenters. The van der Waals surface area contributed by atoms with Gasteiger partial charge in [-0.25, -0.2) is 29.5 Å². The number of carbonyl (C=O) groups is 2. The van der Waals surface area contributed by atoms with E-state index in [9.17, 15) is 22.8 Å². The second-order valence-electron chi connectivity index (χ2n) is 9.55. The van der Waals surface area contributed by atoms with Gasteiger partial charge in [0.05, 0.1) is 32.6 Å². The first-order valence-electron chi connectivity index (χ1n) is 13.3. The van der Waals surface area contributed by atoms with Crippen LogP contribution in [0.15, 0.2) is 30.5 Å². The van der Waals surface area contributed by atoms with E-state index in [1.807, 2.05) is 6.92 Å². The normalized spacial score (nSPS) is 15.2. The largest absolute Gasteiger partial charge is 0.465 e. The van der Waals surface area contributed by atoms with Crippen molar-refractivity contribution in [3.63, 3.8) is 0 Å². The SMILES string of the molecule is CCNC(=O)Nc1ccc(-c2nc3c(c(N4CCOCC4)n2)CCN(c2ncc(C(=O)OC)c(C(F)(F)F)n2)C3)cc1. The Morgan fingerprint density at radius 3 is 2.45 bits per heavy atom. The van der Waals surface area contributed by atoms with Gasteiger partial charge >= 0.3 is 18.2 Å². The number of benzene rings is 1. The topological polar surface area (TPSA) is 135 Å². The summed E-state index contributed by atoms with van der Waals surface area (Å²) in [6, 6.07) is 6.74. The molecule has 222 valence electrons. The van der Waals surface area contributed by atoms with Gasteiger partial charge in [0.15, 0.2) is 11.5 Å². The average molecular weight is 587 g/mol. The zero-order chi connectivity index (χ0) is 29.9. The Balaban J connectivity index is 1.49. The third-order valence-electron chi connectivity index (χ3n) is 6.82. The number of fused-ring (bicyclic) bond motifs is 1. The molecule has 1 fully saturated rings. The minimum atomic E-state index is -4.88. The van der Waals surface area contributed by atoms with E-state index in [1.165, 1.54) is 0 Å². The van der Waals surface area contributed by atoms with Crippen molar-refractivity contribution in [3.8, 4) is 11.4 Å². The molecule has 0 bridgehead atoms. The number of nitrogens with zero attached hydrogens (tertiary/aromatic N) is 6. The van der Waals surface area contributed by atoms with Gasteiger partial charge in [-0.15, -0.1) is 0 Å². The van der Waals surface area contributed by atoms with Crippen LogP contribution < -0.4 is 20.4 Å². The molecular formula is C27H29F3N8O4. The highest BCUT2D eigenvalue weighted by Gasteiger charge is 2.39. The summed E-state index contributed by atoms with van der Waals surface area (Å²) in [4.78, 5) is 45.0. The second-order valence-corrected chi connectivity index (χ2v) is 9.55. The van der Waals surface area contributed by atoms with Crippen LogP contribution >= 0.6 is 0 Å². The predicted molar refractivity (Wildman–Crippen MR) is 146 cm³/mol. The number of aromatic nitrogens is 4. The maximum Gasteiger partial charge on any atom is 0.434 e. The summed E-state index contributed by atoms with van der Waals surface area (Å²) in [6.07, 6.45) is -3.60. The Labute approximate surface area is 239 Å². The Morgan fingerprint density at radius 1 is 1.05 bits per heavy atom. The van der Waals surface area contributed by atoms with E-state index in [1.54, 1.807) is 29.2 Å². The lowest BCUT2D eigenvalue weighted by molar-refractivity contribution is -0.141. The van der Waals surface area contributed by atoms with Gasteiger partial charge in [0.25, 0.3) is 0 Å². The number of rotatable bonds is 6. The van der Waals surface area contributed by atoms with Crippen molar-refractivity contribution in [1.29, 1.82) is 0 Å². The van der Waals surface area contributed by atoms with Crippen molar-refractivity contribution in [2.75, 3.05) is 61.6 Å². The number of esters is 1. The van der Waals surface area contributed by atoms with Crippen molar-refractivity contribution in [2.24, 2.45) is 0 Å². The molecule has 15 heteroatoms. The number of ether oxygens (including phenoxy) is 2. The number of amides is 2. The smallest absolute Gasteiger partial charge is 0.434 e. The average Bonchev–Trinajstić information content (AvgIpc) is 3.00. The molecule has 42 heavy (non-hydrogen) atoms. The number of halogens is 3. The summed E-state index contributed by atoms with van der Waals surface area (Å²) in [6.45, 7) is 5.12. The summed E-state index contributed by atoms with van der Waals surface area (Å²) in [5.74, 6) is -0.160. The molecule has 4 heterocycles. The lowest BCUT2D eigenvalue weighted by Crippen LogP contribution is -2.40. The van der Waals surface area contributed by atoms with Gasteiger partial charge in [-0.1, -0.05) is 0 Å². The van der Waals surface area contributed by atoms with Crippen LogP contribution in [0.4, 0.5) is 35.4 Å². The van der Waals surface area contributed by atoms with Crippen LogP contribution in [-0.2, 0) is 28.6 Å². The minimum absolute atomic E-state index is 0.133. The number of anilines is 3. The van der Waals surface area contributed by atoms with E-state index in [0.717, 1.165) is 24.7 Å². The quantitative estimate of drug-likeness (QED) is 0.415. The summed E-state index contributed by atoms with van der Waals surface area (Å²) in [5, 5.41) is 5.41. The third kappa shape index (κ3) is 6.20. The molecule has 0 spiro atoms. The molecule has 2 aliphatic rings. The van der Waals surface area contributed by atoms with Crippen LogP contribution in [0.2, 0.25) is 0 Å². The lowest BCUT2D eigenvalue weighted by atomic mass is 10.0. The van der Waals surface area contributed by atoms with Crippen molar-refractivity contribution in [1.82, 2.24) is 25.3 Å². The molecule has 3 aromatic rings. The number of urea groups is 1. The minimum Gasteiger partial charge on any atom is -0.465 e. The summed E-state index contributed by atoms with van der Waals surface area (Å²) < 4.78 is 51.4. The molecule has 5 rings (SSSR count). The maximum absolute atomic E-state index is 13.8. The Morgan fingerprint density at radius 2 is 1.79 bits per heavy atom. The van der Waals surface area contributed by atoms with Crippen LogP contribution in [0.3, 0.4) is 0 Å². The molecule has 1 aromatic carbocycles. The number of morpholine rings is 1. The highest BCUT2D eigenvalue weighted by Crippen LogP contribution is 2.34. The van der Waals surface area contributed by atoms with Crippen molar-refractivity contribution in [2.45, 2.75) is 26.1 Å². The fourth-order valence-electron chi connectivity index (χ4n) is 4.79. The number of methoxy groups -OCH3 is 1. The fraction of sp³-hybridized carbons (Fsp3) is 0.407. The summed E-state index contributed by atoms with van der Waals surface area (Å²) >= 11 is 0. The number of alkyl halides is 3. The number of hydrogen-bond donors (Lipinski definition) is 2. The van der Waals surface area contributed by atoms with E-state index in [0.29, 0.717) is 68.6 Å². The van der Waals surface area contributed by atoms with Crippen LogP contribution in [0.25, 0.3) is 11.4 Å². The third-order valence-corrected chi connectivity index (χ3v) is 6.82. The standard InChI is InChI=1S/C27H29F3N8O4/c1-3-31-26(40)33-17-6-4-16(5-7-17)22-34-20-15-38(9-8-18(20)23(36-22)37-10-12-42-13-11-37)25-32-14-19(24(39)41-2)21(35-25)27(28,29)30/h4-7,14H,3,8-13,15H2,1-2H3,(H2,31,33,40). The van der Waals surface area contributed by atoms with E-state index in [2.05, 4.69) is 30.2 Å². The molecular weight excluding hydrogens is 557 g/mol. The van der Waals surface area contributed by atoms with Gasteiger partial charge in [-0.2, -0.15) is 13.2 Å². The van der Waals surface area contributed by atoms with Crippen LogP contribution in [-0.4, -0.2) is 78.4 Å². The first-order chi connectivity index (χ1) is 20.2. The summed E-state index contributed by atoms with van der Waals surface area (Å²) in [7, 11) is 0.995. The van der Waals surface area contributed by atoms with E-state index >= 15 is 0 Å². The van der Waals surface area contributed by atoms with Gasteiger partial charge < -0.3 is 29.9 Å². The van der Waals surface area contributed by atoms with E-state index < -0.39 is 23.4 Å². The van der Waals surface area contributed by atoms with Crippen molar-refractivity contribution < 1.29 is 32.2 Å². The molecule has 12 nitrogen and oxygen atoms in total. The molecule has 0 aliphatic carbocycles. The molecule has 2 amide bonds. The van der Waals surface area contributed by atoms with E-state index in [4.69, 9.17) is 14.7 Å². The summed E-state index contributed by atoms with van der Waals surface area (Å²) in [5.41, 5.74) is 0.707. The Hall–Kier alpha value is -4.53. The molecule has 0 atom stereocenters. The first kappa shape index (κ1) is 29.0. The van der Waals surface area contributed by atoms with Crippen LogP contribution in [0, 0.1) is 0 Å². The molecule has 2 aliphatic heterocycles. The van der Waals surface area contributed by atoms with Gasteiger partial charge in [0.2, 0.25) is 5.95 Å². The molecule has 2 N–H and O–H groups in total. The lowest BCUT2D eigenvalue weighted by Gasteiger charge is -2.34. The van der Waals surface area contributed by atoms with Gasteiger partial charge in [0.1, 0.15) is 11.4 Å². The van der Waals surface area contributed by atoms with Crippen LogP contribution in [0.5, 0.6) is 0 Å². The zero-order valence-corrected chi connectivity index (χ0v) is 23.0. The van der Waals surface area contributed by atoms with Crippen LogP contribution in [0.1, 0.15) is 34.2 Å². The van der Waals surface area contributed by atoms with Crippen molar-refractivity contribution >= 4 is 29.5 Å². The highest BCUT2D eigenvalue weighted by atomic mass is 19.4. The predicted octanol–water partition coefficient (Wildman–Crippen LogP) is 3.28. The van der Waals surface area contributed by atoms with Gasteiger partial charge in [-0.3, -0.25) is 0 Å². The Bertz CT molecular complexity index is 1460. The van der Waals surface area contributed by atoms with Gasteiger partial charge in [-0.05, 0) is 37.6 Å². The number of carbonyl (C=O) groups excluding carboxylic acids is 2. The first-order valence-corrected chi connectivity index (χ1v) is 13.3. The fourth-order valence-corrected chi connectivity index (χ4v) is 4.79. The molecule has 1 saturated heterocycles. The maximum atomic E-state index is 13.8. The van der Waals surface area contributed by atoms with Crippen molar-refractivity contribution in [3.05, 3.63) is 53.0 Å². The monoisotopic (exact) mass is 586 g/mol. The van der Waals surface area contributed by atoms with Gasteiger partial charge in [0, 0.05) is 49.2 Å². The molecule has 0 radical (unpaired) electrons. The number of hydrogen-bond acceptors (Lipinski definition) is 10. The van der Waals surface area contributed by atoms with E-state index in [-0.39, 0.29) is 18.5 Å². The second kappa shape index (κ2) is 12.1. The molecule has 0 saturated carbocycles. The Kier molecular flexibility index (Phi) is 8.38. The molecule has 2 aromatic heterocycles.